The first-order valence-electron chi connectivity index (χ1n) is 6.87. The number of carbonyl (C=O) groups excluding carboxylic acids is 1. The molecule has 0 aromatic heterocycles. The normalized spacial score (nSPS) is 22.6. The summed E-state index contributed by atoms with van der Waals surface area (Å²) in [6.45, 7) is 5.76. The second-order valence-corrected chi connectivity index (χ2v) is 6.01. The van der Waals surface area contributed by atoms with Gasteiger partial charge in [0.15, 0.2) is 0 Å². The van der Waals surface area contributed by atoms with Crippen molar-refractivity contribution in [3.63, 3.8) is 0 Å². The van der Waals surface area contributed by atoms with Crippen LogP contribution < -0.4 is 10.6 Å². The van der Waals surface area contributed by atoms with Gasteiger partial charge in [0.05, 0.1) is 13.2 Å². The number of amides is 1. The topological polar surface area (TPSA) is 50.4 Å². The van der Waals surface area contributed by atoms with Crippen molar-refractivity contribution in [2.45, 2.75) is 32.2 Å². The van der Waals surface area contributed by atoms with Crippen molar-refractivity contribution < 1.29 is 9.53 Å². The van der Waals surface area contributed by atoms with E-state index in [0.717, 1.165) is 30.7 Å². The van der Waals surface area contributed by atoms with Crippen LogP contribution in [0.2, 0.25) is 5.02 Å². The van der Waals surface area contributed by atoms with Gasteiger partial charge in [0.25, 0.3) is 0 Å². The lowest BCUT2D eigenvalue weighted by atomic mass is 9.95. The molecule has 110 valence electrons. The van der Waals surface area contributed by atoms with Gasteiger partial charge in [-0.25, -0.2) is 0 Å². The fourth-order valence-electron chi connectivity index (χ4n) is 2.29. The van der Waals surface area contributed by atoms with Gasteiger partial charge in [-0.2, -0.15) is 0 Å². The highest BCUT2D eigenvalue weighted by atomic mass is 35.5. The van der Waals surface area contributed by atoms with Gasteiger partial charge in [-0.05, 0) is 44.4 Å². The van der Waals surface area contributed by atoms with Gasteiger partial charge < -0.3 is 15.4 Å². The smallest absolute Gasteiger partial charge is 0.238 e. The zero-order valence-electron chi connectivity index (χ0n) is 12.0. The van der Waals surface area contributed by atoms with Crippen LogP contribution >= 0.6 is 11.6 Å². The predicted octanol–water partition coefficient (Wildman–Crippen LogP) is 2.75. The van der Waals surface area contributed by atoms with Crippen LogP contribution in [0.5, 0.6) is 0 Å². The lowest BCUT2D eigenvalue weighted by Gasteiger charge is -2.34. The molecule has 0 aliphatic carbocycles. The third kappa shape index (κ3) is 4.20. The SMILES string of the molecule is Cc1ccc(Cl)cc1NC(=O)CNC1(C)CCCOC1. The van der Waals surface area contributed by atoms with Gasteiger partial charge in [0.2, 0.25) is 5.91 Å². The first kappa shape index (κ1) is 15.3. The maximum Gasteiger partial charge on any atom is 0.238 e. The molecule has 0 bridgehead atoms. The highest BCUT2D eigenvalue weighted by Crippen LogP contribution is 2.20. The Morgan fingerprint density at radius 2 is 2.30 bits per heavy atom. The number of rotatable bonds is 4. The van der Waals surface area contributed by atoms with E-state index in [-0.39, 0.29) is 18.0 Å². The summed E-state index contributed by atoms with van der Waals surface area (Å²) in [6, 6.07) is 5.47. The Balaban J connectivity index is 1.87. The minimum absolute atomic E-state index is 0.0674. The Hall–Kier alpha value is -1.10. The van der Waals surface area contributed by atoms with E-state index in [9.17, 15) is 4.79 Å². The molecule has 1 heterocycles. The lowest BCUT2D eigenvalue weighted by molar-refractivity contribution is -0.116. The summed E-state index contributed by atoms with van der Waals surface area (Å²) in [4.78, 5) is 12.0. The Morgan fingerprint density at radius 1 is 1.50 bits per heavy atom. The van der Waals surface area contributed by atoms with Gasteiger partial charge in [-0.3, -0.25) is 4.79 Å². The summed E-state index contributed by atoms with van der Waals surface area (Å²) >= 11 is 5.94. The molecule has 1 aromatic carbocycles. The number of aryl methyl sites for hydroxylation is 1. The number of halogens is 1. The molecule has 20 heavy (non-hydrogen) atoms. The number of nitrogens with one attached hydrogen (secondary N) is 2. The average molecular weight is 297 g/mol. The van der Waals surface area contributed by atoms with Gasteiger partial charge in [-0.1, -0.05) is 17.7 Å². The molecule has 1 aromatic rings. The molecule has 1 saturated heterocycles. The van der Waals surface area contributed by atoms with Crippen LogP contribution in [0.3, 0.4) is 0 Å². The van der Waals surface area contributed by atoms with E-state index < -0.39 is 0 Å². The molecule has 0 radical (unpaired) electrons. The first-order valence-corrected chi connectivity index (χ1v) is 7.25. The molecule has 1 aliphatic heterocycles. The van der Waals surface area contributed by atoms with E-state index in [0.29, 0.717) is 11.6 Å². The molecule has 2 rings (SSSR count). The molecule has 2 N–H and O–H groups in total. The molecule has 1 aliphatic rings. The number of hydrogen-bond donors (Lipinski definition) is 2. The summed E-state index contributed by atoms with van der Waals surface area (Å²) < 4.78 is 5.46. The highest BCUT2D eigenvalue weighted by molar-refractivity contribution is 6.31. The Labute approximate surface area is 124 Å². The summed E-state index contributed by atoms with van der Waals surface area (Å²) in [7, 11) is 0. The molecule has 0 spiro atoms. The second kappa shape index (κ2) is 6.57. The molecule has 4 nitrogen and oxygen atoms in total. The van der Waals surface area contributed by atoms with E-state index in [1.54, 1.807) is 6.07 Å². The molecule has 1 unspecified atom stereocenters. The predicted molar refractivity (Wildman–Crippen MR) is 81.3 cm³/mol. The van der Waals surface area contributed by atoms with E-state index in [1.165, 1.54) is 0 Å². The van der Waals surface area contributed by atoms with Crippen molar-refractivity contribution in [3.8, 4) is 0 Å². The summed E-state index contributed by atoms with van der Waals surface area (Å²) in [5, 5.41) is 6.78. The van der Waals surface area contributed by atoms with Crippen LogP contribution in [-0.4, -0.2) is 31.2 Å². The molecule has 1 amide bonds. The Bertz CT molecular complexity index is 485. The van der Waals surface area contributed by atoms with Crippen molar-refractivity contribution in [3.05, 3.63) is 28.8 Å². The maximum absolute atomic E-state index is 12.0. The third-order valence-electron chi connectivity index (χ3n) is 3.59. The van der Waals surface area contributed by atoms with E-state index >= 15 is 0 Å². The number of carbonyl (C=O) groups is 1. The van der Waals surface area contributed by atoms with E-state index in [4.69, 9.17) is 16.3 Å². The molecule has 0 saturated carbocycles. The van der Waals surface area contributed by atoms with Crippen molar-refractivity contribution in [1.29, 1.82) is 0 Å². The Kier molecular flexibility index (Phi) is 5.02. The van der Waals surface area contributed by atoms with E-state index in [1.807, 2.05) is 19.1 Å². The van der Waals surface area contributed by atoms with Crippen LogP contribution in [0, 0.1) is 6.92 Å². The van der Waals surface area contributed by atoms with E-state index in [2.05, 4.69) is 17.6 Å². The summed E-state index contributed by atoms with van der Waals surface area (Å²) in [6.07, 6.45) is 2.05. The van der Waals surface area contributed by atoms with Crippen molar-refractivity contribution >= 4 is 23.2 Å². The second-order valence-electron chi connectivity index (χ2n) is 5.58. The fourth-order valence-corrected chi connectivity index (χ4v) is 2.46. The zero-order valence-corrected chi connectivity index (χ0v) is 12.7. The number of benzene rings is 1. The fraction of sp³-hybridized carbons (Fsp3) is 0.533. The van der Waals surface area contributed by atoms with Gasteiger partial charge in [0.1, 0.15) is 0 Å². The van der Waals surface area contributed by atoms with Crippen LogP contribution in [0.1, 0.15) is 25.3 Å². The van der Waals surface area contributed by atoms with Crippen molar-refractivity contribution in [1.82, 2.24) is 5.32 Å². The van der Waals surface area contributed by atoms with Crippen LogP contribution in [0.25, 0.3) is 0 Å². The quantitative estimate of drug-likeness (QED) is 0.898. The minimum Gasteiger partial charge on any atom is -0.380 e. The number of hydrogen-bond acceptors (Lipinski definition) is 3. The number of anilines is 1. The van der Waals surface area contributed by atoms with Gasteiger partial charge in [0, 0.05) is 22.9 Å². The van der Waals surface area contributed by atoms with Crippen molar-refractivity contribution in [2.75, 3.05) is 25.1 Å². The van der Waals surface area contributed by atoms with Gasteiger partial charge >= 0.3 is 0 Å². The molecule has 1 fully saturated rings. The standard InChI is InChI=1S/C15H21ClN2O2/c1-11-4-5-12(16)8-13(11)18-14(19)9-17-15(2)6-3-7-20-10-15/h4-5,8,17H,3,6-7,9-10H2,1-2H3,(H,18,19). The summed E-state index contributed by atoms with van der Waals surface area (Å²) in [5.74, 6) is -0.0674. The first-order chi connectivity index (χ1) is 9.48. The van der Waals surface area contributed by atoms with Gasteiger partial charge in [-0.15, -0.1) is 0 Å². The lowest BCUT2D eigenvalue weighted by Crippen LogP contribution is -2.51. The molecule has 5 heteroatoms. The summed E-state index contributed by atoms with van der Waals surface area (Å²) in [5.41, 5.74) is 1.64. The maximum atomic E-state index is 12.0. The molecular weight excluding hydrogens is 276 g/mol. The number of ether oxygens (including phenoxy) is 1. The van der Waals surface area contributed by atoms with Crippen LogP contribution in [-0.2, 0) is 9.53 Å². The van der Waals surface area contributed by atoms with Crippen molar-refractivity contribution in [2.24, 2.45) is 0 Å². The Morgan fingerprint density at radius 3 is 3.00 bits per heavy atom. The minimum atomic E-state index is -0.112. The third-order valence-corrected chi connectivity index (χ3v) is 3.82. The monoisotopic (exact) mass is 296 g/mol. The average Bonchev–Trinajstić information content (AvgIpc) is 2.42. The largest absolute Gasteiger partial charge is 0.380 e. The molecule has 1 atom stereocenters. The highest BCUT2D eigenvalue weighted by Gasteiger charge is 2.27. The zero-order chi connectivity index (χ0) is 14.6. The molecular formula is C15H21ClN2O2. The van der Waals surface area contributed by atoms with Crippen LogP contribution in [0.15, 0.2) is 18.2 Å². The van der Waals surface area contributed by atoms with Crippen LogP contribution in [0.4, 0.5) is 5.69 Å².